The highest BCUT2D eigenvalue weighted by molar-refractivity contribution is 5.75. The molecule has 37 heavy (non-hydrogen) atoms. The lowest BCUT2D eigenvalue weighted by Crippen LogP contribution is -2.49. The highest BCUT2D eigenvalue weighted by Crippen LogP contribution is 2.47. The minimum Gasteiger partial charge on any atom is -0.495 e. The van der Waals surface area contributed by atoms with E-state index < -0.39 is 0 Å². The van der Waals surface area contributed by atoms with Gasteiger partial charge in [0.2, 0.25) is 0 Å². The Morgan fingerprint density at radius 1 is 1.19 bits per heavy atom. The number of carbonyl (C=O) groups excluding carboxylic acids is 1. The van der Waals surface area contributed by atoms with Gasteiger partial charge in [0.1, 0.15) is 12.7 Å². The number of ether oxygens (including phenoxy) is 2. The smallest absolute Gasteiger partial charge is 0.313 e. The second-order valence-corrected chi connectivity index (χ2v) is 11.9. The summed E-state index contributed by atoms with van der Waals surface area (Å²) >= 11 is 0. The van der Waals surface area contributed by atoms with Crippen LogP contribution < -0.4 is 5.32 Å². The molecule has 5 heteroatoms. The number of nitrogens with one attached hydrogen (secondary N) is 1. The Bertz CT molecular complexity index is 830. The Kier molecular flexibility index (Phi) is 13.2. The van der Waals surface area contributed by atoms with Crippen LogP contribution in [0, 0.1) is 29.1 Å². The summed E-state index contributed by atoms with van der Waals surface area (Å²) < 4.78 is 12.0. The molecule has 5 nitrogen and oxygen atoms in total. The van der Waals surface area contributed by atoms with Crippen LogP contribution in [-0.2, 0) is 14.3 Å². The third-order valence-corrected chi connectivity index (χ3v) is 8.18. The largest absolute Gasteiger partial charge is 0.495 e. The molecule has 212 valence electrons. The molecule has 3 unspecified atom stereocenters. The van der Waals surface area contributed by atoms with E-state index in [9.17, 15) is 4.79 Å². The lowest BCUT2D eigenvalue weighted by atomic mass is 9.68. The molecule has 7 atom stereocenters. The van der Waals surface area contributed by atoms with Gasteiger partial charge < -0.3 is 19.7 Å². The average molecular weight is 517 g/mol. The van der Waals surface area contributed by atoms with Crippen LogP contribution in [0.25, 0.3) is 0 Å². The van der Waals surface area contributed by atoms with Gasteiger partial charge in [-0.15, -0.1) is 0 Å². The molecule has 1 saturated heterocycles. The second-order valence-electron chi connectivity index (χ2n) is 11.9. The minimum absolute atomic E-state index is 0.0966. The van der Waals surface area contributed by atoms with Gasteiger partial charge in [0.25, 0.3) is 0 Å². The van der Waals surface area contributed by atoms with E-state index in [4.69, 9.17) is 9.47 Å². The van der Waals surface area contributed by atoms with Crippen LogP contribution in [0.15, 0.2) is 48.4 Å². The zero-order valence-electron chi connectivity index (χ0n) is 25.6. The Balaban J connectivity index is 3.21. The zero-order valence-corrected chi connectivity index (χ0v) is 25.6. The zero-order chi connectivity index (χ0) is 28.5. The number of carbonyl (C=O) groups is 1. The molecule has 1 fully saturated rings. The lowest BCUT2D eigenvalue weighted by molar-refractivity contribution is -0.160. The van der Waals surface area contributed by atoms with Crippen LogP contribution in [0.1, 0.15) is 81.1 Å². The van der Waals surface area contributed by atoms with E-state index in [0.717, 1.165) is 49.3 Å². The molecule has 0 saturated carbocycles. The molecule has 1 N–H and O–H groups in total. The first-order valence-corrected chi connectivity index (χ1v) is 14.2. The van der Waals surface area contributed by atoms with E-state index in [1.165, 1.54) is 5.57 Å². The van der Waals surface area contributed by atoms with E-state index in [2.05, 4.69) is 77.6 Å². The maximum absolute atomic E-state index is 13.4. The number of nitrogens with zero attached hydrogens (tertiary/aromatic N) is 1. The molecule has 0 aromatic carbocycles. The van der Waals surface area contributed by atoms with Crippen molar-refractivity contribution in [3.63, 3.8) is 0 Å². The van der Waals surface area contributed by atoms with Crippen molar-refractivity contribution in [1.82, 2.24) is 10.2 Å². The molecule has 0 spiro atoms. The Labute approximate surface area is 228 Å². The maximum Gasteiger partial charge on any atom is 0.313 e. The van der Waals surface area contributed by atoms with E-state index >= 15 is 0 Å². The Morgan fingerprint density at radius 3 is 2.32 bits per heavy atom. The molecule has 1 aliphatic rings. The van der Waals surface area contributed by atoms with Crippen LogP contribution in [0.3, 0.4) is 0 Å². The predicted octanol–water partition coefficient (Wildman–Crippen LogP) is 7.13. The summed E-state index contributed by atoms with van der Waals surface area (Å²) in [6.45, 7) is 30.9. The SMILES string of the molecule is C=C1C[C@](C)([C@@H](CC)OC(=O)C(C)C(=C)[C@H](C)CN(C)C)C(C(C)/C(=C/COC(=C)C)[C@H](C)CCC)N1. The molecule has 0 amide bonds. The summed E-state index contributed by atoms with van der Waals surface area (Å²) in [6.07, 6.45) is 5.76. The fraction of sp³-hybridized carbons (Fsp3) is 0.719. The van der Waals surface area contributed by atoms with E-state index in [1.54, 1.807) is 0 Å². The quantitative estimate of drug-likeness (QED) is 0.134. The van der Waals surface area contributed by atoms with Gasteiger partial charge in [-0.2, -0.15) is 0 Å². The summed E-state index contributed by atoms with van der Waals surface area (Å²) in [5, 5.41) is 3.69. The number of allylic oxidation sites excluding steroid dienone is 2. The van der Waals surface area contributed by atoms with E-state index in [1.807, 2.05) is 27.9 Å². The summed E-state index contributed by atoms with van der Waals surface area (Å²) in [6, 6.07) is 0.0966. The van der Waals surface area contributed by atoms with E-state index in [0.29, 0.717) is 12.5 Å². The van der Waals surface area contributed by atoms with Crippen molar-refractivity contribution in [2.24, 2.45) is 29.1 Å². The van der Waals surface area contributed by atoms with Gasteiger partial charge in [-0.3, -0.25) is 4.79 Å². The van der Waals surface area contributed by atoms with Gasteiger partial charge in [-0.25, -0.2) is 0 Å². The van der Waals surface area contributed by atoms with E-state index in [-0.39, 0.29) is 41.3 Å². The van der Waals surface area contributed by atoms with Crippen LogP contribution in [-0.4, -0.2) is 50.3 Å². The highest BCUT2D eigenvalue weighted by Gasteiger charge is 2.50. The third-order valence-electron chi connectivity index (χ3n) is 8.18. The van der Waals surface area contributed by atoms with Crippen molar-refractivity contribution in [3.8, 4) is 0 Å². The van der Waals surface area contributed by atoms with Gasteiger partial charge in [-0.1, -0.05) is 78.8 Å². The van der Waals surface area contributed by atoms with Crippen molar-refractivity contribution in [2.45, 2.75) is 93.2 Å². The monoisotopic (exact) mass is 516 g/mol. The molecular formula is C32H56N2O3. The van der Waals surface area contributed by atoms with Crippen molar-refractivity contribution in [1.29, 1.82) is 0 Å². The highest BCUT2D eigenvalue weighted by atomic mass is 16.5. The summed E-state index contributed by atoms with van der Waals surface area (Å²) in [4.78, 5) is 15.5. The number of hydrogen-bond acceptors (Lipinski definition) is 5. The average Bonchev–Trinajstić information content (AvgIpc) is 3.12. The first-order valence-electron chi connectivity index (χ1n) is 14.2. The minimum atomic E-state index is -0.347. The molecule has 1 heterocycles. The number of rotatable bonds is 16. The lowest BCUT2D eigenvalue weighted by Gasteiger charge is -2.42. The summed E-state index contributed by atoms with van der Waals surface area (Å²) in [5.41, 5.74) is 3.03. The van der Waals surface area contributed by atoms with Gasteiger partial charge in [0, 0.05) is 23.7 Å². The number of esters is 1. The topological polar surface area (TPSA) is 50.8 Å². The molecule has 0 aliphatic carbocycles. The van der Waals surface area contributed by atoms with Crippen molar-refractivity contribution >= 4 is 5.97 Å². The second kappa shape index (κ2) is 14.8. The van der Waals surface area contributed by atoms with Crippen LogP contribution in [0.2, 0.25) is 0 Å². The first-order chi connectivity index (χ1) is 17.2. The van der Waals surface area contributed by atoms with Gasteiger partial charge in [-0.05, 0) is 71.0 Å². The fourth-order valence-electron chi connectivity index (χ4n) is 6.09. The van der Waals surface area contributed by atoms with Crippen LogP contribution >= 0.6 is 0 Å². The Morgan fingerprint density at radius 2 is 1.81 bits per heavy atom. The van der Waals surface area contributed by atoms with Crippen LogP contribution in [0.5, 0.6) is 0 Å². The fourth-order valence-corrected chi connectivity index (χ4v) is 6.09. The number of hydrogen-bond donors (Lipinski definition) is 1. The molecule has 0 aromatic heterocycles. The molecule has 0 bridgehead atoms. The molecule has 0 radical (unpaired) electrons. The van der Waals surface area contributed by atoms with Crippen molar-refractivity contribution < 1.29 is 14.3 Å². The third kappa shape index (κ3) is 9.05. The molecule has 1 rings (SSSR count). The Hall–Kier alpha value is -2.01. The van der Waals surface area contributed by atoms with Crippen molar-refractivity contribution in [2.75, 3.05) is 27.2 Å². The molecule has 0 aromatic rings. The predicted molar refractivity (Wildman–Crippen MR) is 157 cm³/mol. The first kappa shape index (κ1) is 33.0. The summed E-state index contributed by atoms with van der Waals surface area (Å²) in [5.74, 6) is 1.05. The van der Waals surface area contributed by atoms with Crippen LogP contribution in [0.4, 0.5) is 0 Å². The van der Waals surface area contributed by atoms with Gasteiger partial charge in [0.05, 0.1) is 11.7 Å². The molecular weight excluding hydrogens is 460 g/mol. The molecule has 1 aliphatic heterocycles. The maximum atomic E-state index is 13.4. The van der Waals surface area contributed by atoms with Gasteiger partial charge in [0.15, 0.2) is 0 Å². The van der Waals surface area contributed by atoms with Gasteiger partial charge >= 0.3 is 5.97 Å². The van der Waals surface area contributed by atoms with Crippen molar-refractivity contribution in [3.05, 3.63) is 48.4 Å². The summed E-state index contributed by atoms with van der Waals surface area (Å²) in [7, 11) is 4.08. The normalized spacial score (nSPS) is 24.1. The standard InChI is InChI=1S/C32H56N2O3/c1-14-16-22(5)28(17-18-36-21(3)4)27(10)30-32(11,19-24(7)33-30)29(15-2)37-31(35)26(9)25(8)23(6)20-34(12)13/h17,22-23,26-27,29-30,33H,3,7-8,14-16,18-20H2,1-2,4-6,9-13H3/b28-17+/t22-,23-,26?,27?,29-,30?,32-/m1/s1.